The summed E-state index contributed by atoms with van der Waals surface area (Å²) < 4.78 is 0. The van der Waals surface area contributed by atoms with Gasteiger partial charge in [0.1, 0.15) is 0 Å². The number of H-pyrrole nitrogens is 1. The first-order chi connectivity index (χ1) is 9.78. The summed E-state index contributed by atoms with van der Waals surface area (Å²) in [4.78, 5) is 16.8. The summed E-state index contributed by atoms with van der Waals surface area (Å²) in [7, 11) is 0. The summed E-state index contributed by atoms with van der Waals surface area (Å²) in [6.07, 6.45) is 2.38. The molecule has 0 bridgehead atoms. The number of nitrogens with zero attached hydrogens (tertiary/aromatic N) is 1. The Hall–Kier alpha value is -1.81. The number of pyridine rings is 1. The van der Waals surface area contributed by atoms with Gasteiger partial charge in [-0.05, 0) is 30.0 Å². The summed E-state index contributed by atoms with van der Waals surface area (Å²) >= 11 is 0. The van der Waals surface area contributed by atoms with Gasteiger partial charge in [-0.25, -0.2) is 0 Å². The minimum atomic E-state index is -0.0416. The number of anilines is 1. The molecule has 2 heterocycles. The van der Waals surface area contributed by atoms with E-state index in [1.165, 1.54) is 18.5 Å². The van der Waals surface area contributed by atoms with Crippen LogP contribution in [0, 0.1) is 0 Å². The van der Waals surface area contributed by atoms with E-state index >= 15 is 0 Å². The average molecular weight is 271 g/mol. The van der Waals surface area contributed by atoms with Crippen molar-refractivity contribution in [3.05, 3.63) is 40.7 Å². The topological polar surface area (TPSA) is 48.1 Å². The number of benzene rings is 1. The zero-order chi connectivity index (χ0) is 13.9. The summed E-state index contributed by atoms with van der Waals surface area (Å²) in [5.74, 6) is 0. The standard InChI is InChI=1S/C16H21N3O/c1-2-3-14-11-17-8-9-19(14)13-6-4-12-5-7-16(20)18-15(12)10-13/h4-7,10,14,17H,2-3,8-9,11H2,1H3,(H,18,20). The van der Waals surface area contributed by atoms with E-state index in [9.17, 15) is 4.79 Å². The average Bonchev–Trinajstić information content (AvgIpc) is 2.47. The van der Waals surface area contributed by atoms with Gasteiger partial charge in [-0.1, -0.05) is 19.4 Å². The number of aromatic nitrogens is 1. The lowest BCUT2D eigenvalue weighted by atomic mass is 10.1. The van der Waals surface area contributed by atoms with Crippen molar-refractivity contribution < 1.29 is 0 Å². The molecular formula is C16H21N3O. The molecule has 0 spiro atoms. The van der Waals surface area contributed by atoms with Crippen LogP contribution in [0.3, 0.4) is 0 Å². The Kier molecular flexibility index (Phi) is 3.74. The van der Waals surface area contributed by atoms with E-state index < -0.39 is 0 Å². The SMILES string of the molecule is CCCC1CNCCN1c1ccc2ccc(=O)[nH]c2c1. The highest BCUT2D eigenvalue weighted by molar-refractivity contribution is 5.82. The molecule has 1 fully saturated rings. The van der Waals surface area contributed by atoms with Crippen molar-refractivity contribution in [2.45, 2.75) is 25.8 Å². The molecule has 20 heavy (non-hydrogen) atoms. The van der Waals surface area contributed by atoms with Crippen molar-refractivity contribution in [2.24, 2.45) is 0 Å². The van der Waals surface area contributed by atoms with Crippen LogP contribution >= 0.6 is 0 Å². The Bertz CT molecular complexity index is 647. The Balaban J connectivity index is 1.97. The number of piperazine rings is 1. The van der Waals surface area contributed by atoms with Gasteiger partial charge in [0.25, 0.3) is 0 Å². The molecule has 1 unspecified atom stereocenters. The van der Waals surface area contributed by atoms with Crippen molar-refractivity contribution in [3.63, 3.8) is 0 Å². The third kappa shape index (κ3) is 2.56. The second kappa shape index (κ2) is 5.67. The summed E-state index contributed by atoms with van der Waals surface area (Å²) in [5, 5.41) is 4.55. The van der Waals surface area contributed by atoms with Crippen LogP contribution < -0.4 is 15.8 Å². The van der Waals surface area contributed by atoms with Gasteiger partial charge >= 0.3 is 0 Å². The summed E-state index contributed by atoms with van der Waals surface area (Å²) in [6.45, 7) is 5.30. The molecular weight excluding hydrogens is 250 g/mol. The molecule has 1 aromatic heterocycles. The molecule has 1 aliphatic rings. The molecule has 1 atom stereocenters. The smallest absolute Gasteiger partial charge is 0.248 e. The highest BCUT2D eigenvalue weighted by atomic mass is 16.1. The van der Waals surface area contributed by atoms with Crippen LogP contribution in [-0.4, -0.2) is 30.7 Å². The van der Waals surface area contributed by atoms with Crippen molar-refractivity contribution in [1.82, 2.24) is 10.3 Å². The van der Waals surface area contributed by atoms with Crippen LogP contribution in [0.5, 0.6) is 0 Å². The monoisotopic (exact) mass is 271 g/mol. The van der Waals surface area contributed by atoms with Crippen molar-refractivity contribution in [1.29, 1.82) is 0 Å². The van der Waals surface area contributed by atoms with Gasteiger partial charge in [-0.2, -0.15) is 0 Å². The van der Waals surface area contributed by atoms with Gasteiger partial charge in [-0.3, -0.25) is 4.79 Å². The Morgan fingerprint density at radius 1 is 1.30 bits per heavy atom. The highest BCUT2D eigenvalue weighted by Crippen LogP contribution is 2.24. The lowest BCUT2D eigenvalue weighted by molar-refractivity contribution is 0.451. The zero-order valence-corrected chi connectivity index (χ0v) is 11.9. The van der Waals surface area contributed by atoms with E-state index in [1.54, 1.807) is 6.07 Å². The summed E-state index contributed by atoms with van der Waals surface area (Å²) in [6, 6.07) is 10.3. The molecule has 0 aliphatic carbocycles. The van der Waals surface area contributed by atoms with E-state index in [-0.39, 0.29) is 5.56 Å². The maximum atomic E-state index is 11.5. The quantitative estimate of drug-likeness (QED) is 0.899. The molecule has 4 heteroatoms. The van der Waals surface area contributed by atoms with Crippen molar-refractivity contribution in [2.75, 3.05) is 24.5 Å². The predicted octanol–water partition coefficient (Wildman–Crippen LogP) is 2.11. The van der Waals surface area contributed by atoms with Crippen molar-refractivity contribution in [3.8, 4) is 0 Å². The largest absolute Gasteiger partial charge is 0.366 e. The fourth-order valence-corrected chi connectivity index (χ4v) is 3.01. The first kappa shape index (κ1) is 13.2. The van der Waals surface area contributed by atoms with Crippen molar-refractivity contribution >= 4 is 16.6 Å². The third-order valence-electron chi connectivity index (χ3n) is 4.01. The third-order valence-corrected chi connectivity index (χ3v) is 4.01. The Morgan fingerprint density at radius 2 is 2.15 bits per heavy atom. The molecule has 106 valence electrons. The van der Waals surface area contributed by atoms with Crippen LogP contribution in [0.2, 0.25) is 0 Å². The van der Waals surface area contributed by atoms with Crippen LogP contribution in [0.25, 0.3) is 10.9 Å². The number of hydrogen-bond donors (Lipinski definition) is 2. The molecule has 4 nitrogen and oxygen atoms in total. The van der Waals surface area contributed by atoms with Gasteiger partial charge in [0.15, 0.2) is 0 Å². The maximum absolute atomic E-state index is 11.5. The molecule has 2 aromatic rings. The van der Waals surface area contributed by atoms with Crippen LogP contribution in [-0.2, 0) is 0 Å². The second-order valence-corrected chi connectivity index (χ2v) is 5.43. The van der Waals surface area contributed by atoms with Crippen LogP contribution in [0.4, 0.5) is 5.69 Å². The number of aromatic amines is 1. The number of fused-ring (bicyclic) bond motifs is 1. The van der Waals surface area contributed by atoms with Crippen LogP contribution in [0.15, 0.2) is 35.1 Å². The molecule has 0 radical (unpaired) electrons. The van der Waals surface area contributed by atoms with E-state index in [2.05, 4.69) is 40.3 Å². The minimum Gasteiger partial charge on any atom is -0.366 e. The fourth-order valence-electron chi connectivity index (χ4n) is 3.01. The highest BCUT2D eigenvalue weighted by Gasteiger charge is 2.21. The summed E-state index contributed by atoms with van der Waals surface area (Å²) in [5.41, 5.74) is 2.09. The second-order valence-electron chi connectivity index (χ2n) is 5.43. The molecule has 1 aromatic carbocycles. The fraction of sp³-hybridized carbons (Fsp3) is 0.438. The van der Waals surface area contributed by atoms with Gasteiger partial charge in [0.05, 0.1) is 5.52 Å². The number of hydrogen-bond acceptors (Lipinski definition) is 3. The lowest BCUT2D eigenvalue weighted by Crippen LogP contribution is -2.51. The molecule has 0 amide bonds. The van der Waals surface area contributed by atoms with Gasteiger partial charge < -0.3 is 15.2 Å². The minimum absolute atomic E-state index is 0.0416. The molecule has 1 saturated heterocycles. The van der Waals surface area contributed by atoms with E-state index in [1.807, 2.05) is 6.07 Å². The lowest BCUT2D eigenvalue weighted by Gasteiger charge is -2.38. The van der Waals surface area contributed by atoms with E-state index in [0.717, 1.165) is 30.5 Å². The van der Waals surface area contributed by atoms with Gasteiger partial charge in [0.2, 0.25) is 5.56 Å². The normalized spacial score (nSPS) is 19.4. The Morgan fingerprint density at radius 3 is 3.00 bits per heavy atom. The first-order valence-corrected chi connectivity index (χ1v) is 7.38. The number of nitrogens with one attached hydrogen (secondary N) is 2. The zero-order valence-electron chi connectivity index (χ0n) is 11.9. The predicted molar refractivity (Wildman–Crippen MR) is 83.5 cm³/mol. The van der Waals surface area contributed by atoms with Crippen LogP contribution in [0.1, 0.15) is 19.8 Å². The molecule has 3 rings (SSSR count). The van der Waals surface area contributed by atoms with E-state index in [4.69, 9.17) is 0 Å². The van der Waals surface area contributed by atoms with Gasteiger partial charge in [-0.15, -0.1) is 0 Å². The Labute approximate surface area is 118 Å². The number of rotatable bonds is 3. The first-order valence-electron chi connectivity index (χ1n) is 7.38. The molecule has 1 aliphatic heterocycles. The molecule has 0 saturated carbocycles. The maximum Gasteiger partial charge on any atom is 0.248 e. The van der Waals surface area contributed by atoms with E-state index in [0.29, 0.717) is 6.04 Å². The molecule has 2 N–H and O–H groups in total. The van der Waals surface area contributed by atoms with Gasteiger partial charge in [0, 0.05) is 37.4 Å².